The van der Waals surface area contributed by atoms with Gasteiger partial charge >= 0.3 is 0 Å². The molecule has 0 fully saturated rings. The van der Waals surface area contributed by atoms with Gasteiger partial charge in [-0.3, -0.25) is 0 Å². The van der Waals surface area contributed by atoms with Crippen molar-refractivity contribution >= 4 is 0 Å². The van der Waals surface area contributed by atoms with E-state index in [-0.39, 0.29) is 11.2 Å². The molecule has 0 aromatic heterocycles. The average molecular weight is 182 g/mol. The molecule has 1 nitrogen and oxygen atoms in total. The topological polar surface area (TPSA) is 20.2 Å². The fourth-order valence-corrected chi connectivity index (χ4v) is 1.28. The molecule has 0 aliphatic rings. The lowest BCUT2D eigenvalue weighted by Gasteiger charge is -2.18. The molecule has 0 spiro atoms. The summed E-state index contributed by atoms with van der Waals surface area (Å²) in [4.78, 5) is 0. The molecular weight excluding hydrogens is 167 g/mol. The van der Waals surface area contributed by atoms with Crippen LogP contribution in [0.2, 0.25) is 0 Å². The highest BCUT2D eigenvalue weighted by Crippen LogP contribution is 2.24. The smallest absolute Gasteiger partial charge is 0.164 e. The van der Waals surface area contributed by atoms with Crippen molar-refractivity contribution in [2.75, 3.05) is 0 Å². The van der Waals surface area contributed by atoms with E-state index in [1.54, 1.807) is 6.07 Å². The van der Waals surface area contributed by atoms with Crippen molar-refractivity contribution in [1.29, 1.82) is 0 Å². The van der Waals surface area contributed by atoms with Gasteiger partial charge in [0.2, 0.25) is 0 Å². The lowest BCUT2D eigenvalue weighted by atomic mass is 9.88. The van der Waals surface area contributed by atoms with E-state index >= 15 is 0 Å². The fraction of sp³-hybridized carbons (Fsp3) is 0.455. The second-order valence-corrected chi connectivity index (χ2v) is 4.52. The van der Waals surface area contributed by atoms with Gasteiger partial charge in [-0.05, 0) is 29.5 Å². The Labute approximate surface area is 78.2 Å². The van der Waals surface area contributed by atoms with E-state index in [1.807, 2.05) is 0 Å². The maximum absolute atomic E-state index is 12.7. The molecule has 1 rings (SSSR count). The average Bonchev–Trinajstić information content (AvgIpc) is 1.94. The normalized spacial score (nSPS) is 11.7. The van der Waals surface area contributed by atoms with Crippen molar-refractivity contribution in [3.8, 4) is 5.75 Å². The van der Waals surface area contributed by atoms with Gasteiger partial charge in [-0.2, -0.15) is 0 Å². The zero-order valence-corrected chi connectivity index (χ0v) is 8.26. The quantitative estimate of drug-likeness (QED) is 0.707. The van der Waals surface area contributed by atoms with Gasteiger partial charge in [-0.15, -0.1) is 0 Å². The summed E-state index contributed by atoms with van der Waals surface area (Å²) in [5, 5.41) is 9.12. The minimum absolute atomic E-state index is 0.157. The van der Waals surface area contributed by atoms with Crippen LogP contribution < -0.4 is 0 Å². The Morgan fingerprint density at radius 3 is 2.38 bits per heavy atom. The van der Waals surface area contributed by atoms with Gasteiger partial charge in [0.05, 0.1) is 0 Å². The number of hydrogen-bond donors (Lipinski definition) is 1. The Morgan fingerprint density at radius 2 is 1.92 bits per heavy atom. The van der Waals surface area contributed by atoms with Gasteiger partial charge in [-0.1, -0.05) is 26.8 Å². The molecule has 0 bridgehead atoms. The first-order valence-electron chi connectivity index (χ1n) is 4.36. The lowest BCUT2D eigenvalue weighted by Crippen LogP contribution is -2.08. The first-order chi connectivity index (χ1) is 5.88. The number of halogens is 1. The molecule has 1 aromatic rings. The van der Waals surface area contributed by atoms with Gasteiger partial charge in [0.15, 0.2) is 11.6 Å². The highest BCUT2D eigenvalue weighted by atomic mass is 19.1. The Morgan fingerprint density at radius 1 is 1.31 bits per heavy atom. The van der Waals surface area contributed by atoms with Crippen molar-refractivity contribution in [2.45, 2.75) is 27.2 Å². The maximum Gasteiger partial charge on any atom is 0.164 e. The minimum Gasteiger partial charge on any atom is -0.505 e. The number of aromatic hydroxyl groups is 1. The Hall–Kier alpha value is -1.05. The molecule has 0 saturated carbocycles. The zero-order valence-electron chi connectivity index (χ0n) is 8.26. The molecule has 0 unspecified atom stereocenters. The molecule has 2 heteroatoms. The molecule has 72 valence electrons. The first-order valence-corrected chi connectivity index (χ1v) is 4.36. The molecular formula is C11H15FO. The van der Waals surface area contributed by atoms with Crippen molar-refractivity contribution < 1.29 is 9.50 Å². The molecule has 0 aliphatic heterocycles. The third kappa shape index (κ3) is 3.05. The summed E-state index contributed by atoms with van der Waals surface area (Å²) in [5.74, 6) is -0.820. The molecule has 0 atom stereocenters. The van der Waals surface area contributed by atoms with Crippen LogP contribution in [0.1, 0.15) is 26.3 Å². The number of phenols is 1. The molecule has 13 heavy (non-hydrogen) atoms. The van der Waals surface area contributed by atoms with Gasteiger partial charge in [0, 0.05) is 0 Å². The third-order valence-electron chi connectivity index (χ3n) is 1.75. The molecule has 0 aliphatic carbocycles. The van der Waals surface area contributed by atoms with E-state index in [0.29, 0.717) is 0 Å². The van der Waals surface area contributed by atoms with E-state index < -0.39 is 5.82 Å². The van der Waals surface area contributed by atoms with Crippen molar-refractivity contribution in [1.82, 2.24) is 0 Å². The zero-order chi connectivity index (χ0) is 10.1. The van der Waals surface area contributed by atoms with Crippen molar-refractivity contribution in [2.24, 2.45) is 5.41 Å². The van der Waals surface area contributed by atoms with Crippen molar-refractivity contribution in [3.63, 3.8) is 0 Å². The summed E-state index contributed by atoms with van der Waals surface area (Å²) in [5.41, 5.74) is 1.12. The van der Waals surface area contributed by atoms with Gasteiger partial charge in [0.25, 0.3) is 0 Å². The summed E-state index contributed by atoms with van der Waals surface area (Å²) in [6.07, 6.45) is 0.834. The van der Waals surface area contributed by atoms with Crippen LogP contribution in [0, 0.1) is 11.2 Å². The lowest BCUT2D eigenvalue weighted by molar-refractivity contribution is 0.405. The summed E-state index contributed by atoms with van der Waals surface area (Å²) in [6.45, 7) is 6.31. The predicted octanol–water partition coefficient (Wildman–Crippen LogP) is 3.12. The van der Waals surface area contributed by atoms with Crippen LogP contribution in [-0.4, -0.2) is 5.11 Å². The number of hydrogen-bond acceptors (Lipinski definition) is 1. The van der Waals surface area contributed by atoms with Crippen LogP contribution in [0.3, 0.4) is 0 Å². The van der Waals surface area contributed by atoms with E-state index in [4.69, 9.17) is 5.11 Å². The SMILES string of the molecule is CC(C)(C)Cc1ccc(F)c(O)c1. The molecule has 1 aromatic carbocycles. The maximum atomic E-state index is 12.7. The second-order valence-electron chi connectivity index (χ2n) is 4.52. The van der Waals surface area contributed by atoms with E-state index in [2.05, 4.69) is 20.8 Å². The summed E-state index contributed by atoms with van der Waals surface area (Å²) in [6, 6.07) is 4.50. The van der Waals surface area contributed by atoms with E-state index in [9.17, 15) is 4.39 Å². The summed E-state index contributed by atoms with van der Waals surface area (Å²) in [7, 11) is 0. The van der Waals surface area contributed by atoms with Gasteiger partial charge in [-0.25, -0.2) is 4.39 Å². The van der Waals surface area contributed by atoms with E-state index in [0.717, 1.165) is 12.0 Å². The molecule has 0 heterocycles. The van der Waals surface area contributed by atoms with Gasteiger partial charge in [0.1, 0.15) is 0 Å². The number of rotatable bonds is 1. The Kier molecular flexibility index (Phi) is 2.60. The van der Waals surface area contributed by atoms with Crippen LogP contribution in [0.5, 0.6) is 5.75 Å². The molecule has 0 radical (unpaired) electrons. The largest absolute Gasteiger partial charge is 0.505 e. The van der Waals surface area contributed by atoms with Crippen LogP contribution >= 0.6 is 0 Å². The van der Waals surface area contributed by atoms with Crippen LogP contribution in [-0.2, 0) is 6.42 Å². The Balaban J connectivity index is 2.86. The fourth-order valence-electron chi connectivity index (χ4n) is 1.28. The summed E-state index contributed by atoms with van der Waals surface area (Å²) < 4.78 is 12.7. The number of benzene rings is 1. The number of phenolic OH excluding ortho intramolecular Hbond substituents is 1. The molecule has 1 N–H and O–H groups in total. The van der Waals surface area contributed by atoms with E-state index in [1.165, 1.54) is 12.1 Å². The van der Waals surface area contributed by atoms with Crippen LogP contribution in [0.4, 0.5) is 4.39 Å². The third-order valence-corrected chi connectivity index (χ3v) is 1.75. The molecule has 0 saturated heterocycles. The first kappa shape index (κ1) is 10.0. The molecule has 0 amide bonds. The van der Waals surface area contributed by atoms with Crippen LogP contribution in [0.15, 0.2) is 18.2 Å². The summed E-state index contributed by atoms with van der Waals surface area (Å²) >= 11 is 0. The van der Waals surface area contributed by atoms with Crippen LogP contribution in [0.25, 0.3) is 0 Å². The standard InChI is InChI=1S/C11H15FO/c1-11(2,3)7-8-4-5-9(12)10(13)6-8/h4-6,13H,7H2,1-3H3. The Bertz CT molecular complexity index is 299. The monoisotopic (exact) mass is 182 g/mol. The predicted molar refractivity (Wildman–Crippen MR) is 51.2 cm³/mol. The van der Waals surface area contributed by atoms with Gasteiger partial charge < -0.3 is 5.11 Å². The van der Waals surface area contributed by atoms with Crippen molar-refractivity contribution in [3.05, 3.63) is 29.6 Å². The highest BCUT2D eigenvalue weighted by Gasteiger charge is 2.12. The minimum atomic E-state index is -0.558. The second kappa shape index (κ2) is 3.36. The highest BCUT2D eigenvalue weighted by molar-refractivity contribution is 5.29.